The van der Waals surface area contributed by atoms with Crippen molar-refractivity contribution in [1.29, 1.82) is 0 Å². The molecule has 2 aliphatic rings. The molecule has 0 spiro atoms. The molecule has 1 aliphatic heterocycles. The number of ether oxygens (including phenoxy) is 2. The lowest BCUT2D eigenvalue weighted by atomic mass is 9.79. The fourth-order valence-electron chi connectivity index (χ4n) is 3.87. The first-order valence-corrected chi connectivity index (χ1v) is 10.8. The van der Waals surface area contributed by atoms with Gasteiger partial charge in [-0.15, -0.1) is 0 Å². The van der Waals surface area contributed by atoms with E-state index in [-0.39, 0.29) is 11.8 Å². The molecule has 0 bridgehead atoms. The summed E-state index contributed by atoms with van der Waals surface area (Å²) in [5.41, 5.74) is 0.725. The predicted octanol–water partition coefficient (Wildman–Crippen LogP) is 3.52. The largest absolute Gasteiger partial charge is 0.350 e. The summed E-state index contributed by atoms with van der Waals surface area (Å²) < 4.78 is 39.8. The van der Waals surface area contributed by atoms with Crippen molar-refractivity contribution >= 4 is 10.0 Å². The Balaban J connectivity index is 1.67. The predicted molar refractivity (Wildman–Crippen MR) is 96.9 cm³/mol. The number of hydrogen-bond acceptors (Lipinski definition) is 4. The number of hydrogen-bond donors (Lipinski definition) is 1. The van der Waals surface area contributed by atoms with Crippen molar-refractivity contribution < 1.29 is 17.9 Å². The highest BCUT2D eigenvalue weighted by Crippen LogP contribution is 2.34. The number of benzene rings is 1. The van der Waals surface area contributed by atoms with E-state index in [0.717, 1.165) is 50.5 Å². The molecular weight excluding hydrogens is 338 g/mol. The first-order valence-electron chi connectivity index (χ1n) is 9.33. The van der Waals surface area contributed by atoms with Crippen molar-refractivity contribution in [2.24, 2.45) is 0 Å². The van der Waals surface area contributed by atoms with Gasteiger partial charge in [-0.3, -0.25) is 0 Å². The van der Waals surface area contributed by atoms with Gasteiger partial charge in [0.15, 0.2) is 6.29 Å². The zero-order valence-corrected chi connectivity index (χ0v) is 15.8. The molecule has 0 radical (unpaired) electrons. The molecule has 0 atom stereocenters. The third-order valence-electron chi connectivity index (χ3n) is 5.28. The Morgan fingerprint density at radius 1 is 1.08 bits per heavy atom. The average molecular weight is 368 g/mol. The molecule has 1 heterocycles. The minimum Gasteiger partial charge on any atom is -0.350 e. The molecule has 0 amide bonds. The quantitative estimate of drug-likeness (QED) is 0.801. The van der Waals surface area contributed by atoms with Crippen LogP contribution in [-0.4, -0.2) is 33.5 Å². The molecule has 1 N–H and O–H groups in total. The maximum atomic E-state index is 12.9. The van der Waals surface area contributed by atoms with Crippen molar-refractivity contribution in [1.82, 2.24) is 4.72 Å². The highest BCUT2D eigenvalue weighted by molar-refractivity contribution is 7.89. The van der Waals surface area contributed by atoms with Gasteiger partial charge in [-0.1, -0.05) is 37.0 Å². The summed E-state index contributed by atoms with van der Waals surface area (Å²) in [7, 11) is -3.50. The third-order valence-corrected chi connectivity index (χ3v) is 6.87. The summed E-state index contributed by atoms with van der Waals surface area (Å²) in [4.78, 5) is 0.352. The molecule has 1 saturated carbocycles. The molecule has 5 nitrogen and oxygen atoms in total. The summed E-state index contributed by atoms with van der Waals surface area (Å²) in [6, 6.07) is 7.07. The van der Waals surface area contributed by atoms with Crippen molar-refractivity contribution in [3.63, 3.8) is 0 Å². The number of nitrogens with one attached hydrogen (secondary N) is 1. The molecule has 25 heavy (non-hydrogen) atoms. The second-order valence-electron chi connectivity index (χ2n) is 7.32. The summed E-state index contributed by atoms with van der Waals surface area (Å²) >= 11 is 0. The molecule has 0 unspecified atom stereocenters. The van der Waals surface area contributed by atoms with Crippen LogP contribution in [0.1, 0.15) is 56.9 Å². The zero-order chi connectivity index (χ0) is 17.8. The van der Waals surface area contributed by atoms with Crippen LogP contribution in [0, 0.1) is 6.92 Å². The molecule has 3 rings (SSSR count). The average Bonchev–Trinajstić information content (AvgIpc) is 3.09. The molecule has 1 aromatic carbocycles. The maximum absolute atomic E-state index is 12.9. The van der Waals surface area contributed by atoms with E-state index in [2.05, 4.69) is 4.72 Å². The van der Waals surface area contributed by atoms with Crippen LogP contribution in [0.4, 0.5) is 0 Å². The molecule has 6 heteroatoms. The van der Waals surface area contributed by atoms with Crippen molar-refractivity contribution in [3.8, 4) is 0 Å². The molecular formula is C19H29NO4S. The Labute approximate surface area is 151 Å². The third kappa shape index (κ3) is 5.03. The van der Waals surface area contributed by atoms with Gasteiger partial charge in [0, 0.05) is 5.54 Å². The molecule has 2 fully saturated rings. The number of sulfonamides is 1. The normalized spacial score (nSPS) is 21.5. The van der Waals surface area contributed by atoms with Gasteiger partial charge < -0.3 is 9.47 Å². The second-order valence-corrected chi connectivity index (χ2v) is 9.01. The van der Waals surface area contributed by atoms with Crippen LogP contribution < -0.4 is 4.72 Å². The smallest absolute Gasteiger partial charge is 0.241 e. The summed E-state index contributed by atoms with van der Waals surface area (Å²) in [5, 5.41) is 0. The molecule has 0 aromatic heterocycles. The standard InChI is InChI=1S/C19H29NO4S/c1-16-7-9-17(10-8-16)25(21,22)20-19(11-3-2-4-12-19)13-5-6-18-23-14-15-24-18/h7-10,18,20H,2-6,11-15H2,1H3. The highest BCUT2D eigenvalue weighted by Gasteiger charge is 2.36. The number of aryl methyl sites for hydroxylation is 1. The topological polar surface area (TPSA) is 64.6 Å². The summed E-state index contributed by atoms with van der Waals surface area (Å²) in [6.07, 6.45) is 7.60. The Bertz CT molecular complexity index is 645. The minimum absolute atomic E-state index is 0.116. The zero-order valence-electron chi connectivity index (χ0n) is 15.0. The van der Waals surface area contributed by atoms with Gasteiger partial charge in [0.25, 0.3) is 0 Å². The minimum atomic E-state index is -3.50. The van der Waals surface area contributed by atoms with E-state index in [9.17, 15) is 8.42 Å². The van der Waals surface area contributed by atoms with Crippen LogP contribution in [0.25, 0.3) is 0 Å². The van der Waals surface area contributed by atoms with E-state index < -0.39 is 10.0 Å². The van der Waals surface area contributed by atoms with E-state index in [1.165, 1.54) is 6.42 Å². The second kappa shape index (κ2) is 8.16. The lowest BCUT2D eigenvalue weighted by Gasteiger charge is -2.38. The van der Waals surface area contributed by atoms with Gasteiger partial charge in [0.1, 0.15) is 0 Å². The number of rotatable bonds is 7. The van der Waals surface area contributed by atoms with E-state index >= 15 is 0 Å². The van der Waals surface area contributed by atoms with Crippen LogP contribution in [0.2, 0.25) is 0 Å². The first kappa shape index (κ1) is 18.8. The van der Waals surface area contributed by atoms with Crippen LogP contribution in [0.5, 0.6) is 0 Å². The Kier molecular flexibility index (Phi) is 6.15. The molecule has 1 aromatic rings. The van der Waals surface area contributed by atoms with Crippen LogP contribution in [-0.2, 0) is 19.5 Å². The van der Waals surface area contributed by atoms with Gasteiger partial charge >= 0.3 is 0 Å². The van der Waals surface area contributed by atoms with Gasteiger partial charge in [0.2, 0.25) is 10.0 Å². The highest BCUT2D eigenvalue weighted by atomic mass is 32.2. The Morgan fingerprint density at radius 3 is 2.36 bits per heavy atom. The monoisotopic (exact) mass is 367 g/mol. The van der Waals surface area contributed by atoms with Gasteiger partial charge in [-0.05, 0) is 51.2 Å². The van der Waals surface area contributed by atoms with E-state index in [4.69, 9.17) is 9.47 Å². The summed E-state index contributed by atoms with van der Waals surface area (Å²) in [5.74, 6) is 0. The summed E-state index contributed by atoms with van der Waals surface area (Å²) in [6.45, 7) is 3.28. The maximum Gasteiger partial charge on any atom is 0.241 e. The Morgan fingerprint density at radius 2 is 1.72 bits per heavy atom. The van der Waals surface area contributed by atoms with Gasteiger partial charge in [0.05, 0.1) is 18.1 Å². The van der Waals surface area contributed by atoms with E-state index in [1.807, 2.05) is 19.1 Å². The van der Waals surface area contributed by atoms with Crippen molar-refractivity contribution in [2.75, 3.05) is 13.2 Å². The lowest BCUT2D eigenvalue weighted by molar-refractivity contribution is -0.0490. The van der Waals surface area contributed by atoms with Crippen molar-refractivity contribution in [2.45, 2.75) is 75.0 Å². The van der Waals surface area contributed by atoms with Crippen molar-refractivity contribution in [3.05, 3.63) is 29.8 Å². The molecule has 1 aliphatic carbocycles. The van der Waals surface area contributed by atoms with Crippen LogP contribution in [0.15, 0.2) is 29.2 Å². The first-order chi connectivity index (χ1) is 12.0. The fraction of sp³-hybridized carbons (Fsp3) is 0.684. The van der Waals surface area contributed by atoms with Gasteiger partial charge in [-0.2, -0.15) is 0 Å². The molecule has 1 saturated heterocycles. The molecule has 140 valence electrons. The lowest BCUT2D eigenvalue weighted by Crippen LogP contribution is -2.49. The fourth-order valence-corrected chi connectivity index (χ4v) is 5.36. The van der Waals surface area contributed by atoms with Crippen LogP contribution >= 0.6 is 0 Å². The van der Waals surface area contributed by atoms with E-state index in [1.54, 1.807) is 12.1 Å². The van der Waals surface area contributed by atoms with E-state index in [0.29, 0.717) is 18.1 Å². The van der Waals surface area contributed by atoms with Gasteiger partial charge in [-0.25, -0.2) is 13.1 Å². The Hall–Kier alpha value is -0.950. The SMILES string of the molecule is Cc1ccc(S(=O)(=O)NC2(CCCC3OCCO3)CCCCC2)cc1. The van der Waals surface area contributed by atoms with Crippen LogP contribution in [0.3, 0.4) is 0 Å².